The minimum absolute atomic E-state index is 0.0868. The quantitative estimate of drug-likeness (QED) is 0.137. The van der Waals surface area contributed by atoms with Gasteiger partial charge in [-0.2, -0.15) is 0 Å². The molecule has 6 N–H and O–H groups in total. The highest BCUT2D eigenvalue weighted by molar-refractivity contribution is 7.17. The number of aromatic nitrogens is 1. The van der Waals surface area contributed by atoms with Crippen molar-refractivity contribution in [3.8, 4) is 0 Å². The van der Waals surface area contributed by atoms with E-state index in [1.165, 1.54) is 6.92 Å². The van der Waals surface area contributed by atoms with Gasteiger partial charge in [0.05, 0.1) is 5.69 Å². The van der Waals surface area contributed by atoms with Crippen LogP contribution in [-0.2, 0) is 29.0 Å². The Kier molecular flexibility index (Phi) is 11.6. The first-order chi connectivity index (χ1) is 20.1. The Morgan fingerprint density at radius 2 is 1.52 bits per heavy atom. The molecule has 1 aromatic heterocycles. The minimum Gasteiger partial charge on any atom is -0.530 e. The van der Waals surface area contributed by atoms with Crippen molar-refractivity contribution in [1.29, 1.82) is 0 Å². The molecule has 0 spiro atoms. The largest absolute Gasteiger partial charge is 0.530 e. The number of hydrogen-bond acceptors (Lipinski definition) is 10. The number of nitrogens with zero attached hydrogens (tertiary/aromatic N) is 1. The second kappa shape index (κ2) is 15.6. The lowest BCUT2D eigenvalue weighted by Crippen LogP contribution is -2.58. The maximum atomic E-state index is 12.9. The monoisotopic (exact) mass is 595 g/mol. The van der Waals surface area contributed by atoms with Gasteiger partial charge >= 0.3 is 0 Å². The van der Waals surface area contributed by atoms with Gasteiger partial charge in [0.25, 0.3) is 5.91 Å². The Balaban J connectivity index is 1.57. The van der Waals surface area contributed by atoms with Gasteiger partial charge in [0, 0.05) is 32.1 Å². The fourth-order valence-corrected chi connectivity index (χ4v) is 4.67. The van der Waals surface area contributed by atoms with Crippen molar-refractivity contribution in [3.05, 3.63) is 76.3 Å². The Morgan fingerprint density at radius 3 is 2.14 bits per heavy atom. The zero-order valence-corrected chi connectivity index (χ0v) is 23.3. The van der Waals surface area contributed by atoms with Crippen LogP contribution >= 0.6 is 11.3 Å². The fraction of sp³-hybridized carbons (Fsp3) is 0.259. The number of carbonyl (C=O) groups excluding carboxylic acids is 5. The number of hydrogen-bond donors (Lipinski definition) is 6. The third-order valence-corrected chi connectivity index (χ3v) is 6.61. The van der Waals surface area contributed by atoms with Gasteiger partial charge in [-0.25, -0.2) is 4.98 Å². The molecule has 15 heteroatoms. The number of carboxylic acid groups (broad SMARTS) is 2. The van der Waals surface area contributed by atoms with E-state index in [-0.39, 0.29) is 29.9 Å². The summed E-state index contributed by atoms with van der Waals surface area (Å²) >= 11 is 1.03. The second-order valence-corrected chi connectivity index (χ2v) is 9.88. The summed E-state index contributed by atoms with van der Waals surface area (Å²) in [6, 6.07) is 16.1. The summed E-state index contributed by atoms with van der Waals surface area (Å²) in [7, 11) is 0. The van der Waals surface area contributed by atoms with Crippen molar-refractivity contribution in [2.75, 3.05) is 17.2 Å². The molecule has 0 atom stereocenters. The van der Waals surface area contributed by atoms with Crippen molar-refractivity contribution in [2.45, 2.75) is 39.0 Å². The van der Waals surface area contributed by atoms with E-state index in [1.54, 1.807) is 24.3 Å². The highest BCUT2D eigenvalue weighted by Gasteiger charge is 2.19. The number of nitrogens with one attached hydrogen (secondary N) is 6. The predicted octanol–water partition coefficient (Wildman–Crippen LogP) is -0.116. The molecule has 0 aliphatic heterocycles. The molecule has 0 fully saturated rings. The third-order valence-electron chi connectivity index (χ3n) is 5.60. The normalized spacial score (nSPS) is 10.4. The van der Waals surface area contributed by atoms with Crippen LogP contribution in [0.15, 0.2) is 54.6 Å². The van der Waals surface area contributed by atoms with E-state index in [1.807, 2.05) is 41.0 Å². The summed E-state index contributed by atoms with van der Waals surface area (Å²) in [5, 5.41) is 36.3. The zero-order chi connectivity index (χ0) is 30.5. The minimum atomic E-state index is -1.69. The molecule has 3 aromatic rings. The SMILES string of the molecule is CC(=O)Nc1nc(CCc2ccc(NC(NC(=O)[O-])NC(=O)[O-])cc2)c(C(=O)NCCC(=O)NCc2ccccc2)s1. The highest BCUT2D eigenvalue weighted by Crippen LogP contribution is 2.25. The first-order valence-electron chi connectivity index (χ1n) is 12.8. The van der Waals surface area contributed by atoms with E-state index in [2.05, 4.69) is 26.3 Å². The molecule has 5 amide bonds. The predicted molar refractivity (Wildman–Crippen MR) is 150 cm³/mol. The van der Waals surface area contributed by atoms with Crippen LogP contribution in [0.1, 0.15) is 39.8 Å². The van der Waals surface area contributed by atoms with Crippen molar-refractivity contribution >= 4 is 52.1 Å². The van der Waals surface area contributed by atoms with Gasteiger partial charge in [0.2, 0.25) is 11.8 Å². The molecule has 0 aliphatic carbocycles. The Hall–Kier alpha value is -5.18. The average Bonchev–Trinajstić information content (AvgIpc) is 3.33. The van der Waals surface area contributed by atoms with Crippen molar-refractivity contribution in [2.24, 2.45) is 0 Å². The number of amides is 5. The molecule has 2 aromatic carbocycles. The molecule has 3 rings (SSSR count). The first kappa shape index (κ1) is 31.3. The number of anilines is 2. The van der Waals surface area contributed by atoms with E-state index in [0.717, 1.165) is 22.5 Å². The molecule has 0 saturated carbocycles. The van der Waals surface area contributed by atoms with Gasteiger partial charge in [-0.3, -0.25) is 14.4 Å². The van der Waals surface area contributed by atoms with Crippen LogP contribution in [0, 0.1) is 0 Å². The summed E-state index contributed by atoms with van der Waals surface area (Å²) in [4.78, 5) is 62.9. The average molecular weight is 596 g/mol. The van der Waals surface area contributed by atoms with Crippen LogP contribution in [0.5, 0.6) is 0 Å². The van der Waals surface area contributed by atoms with Crippen molar-refractivity contribution in [1.82, 2.24) is 26.3 Å². The lowest BCUT2D eigenvalue weighted by atomic mass is 10.1. The summed E-state index contributed by atoms with van der Waals surface area (Å²) in [6.07, 6.45) is -3.86. The topological polar surface area (TPSA) is 217 Å². The number of aryl methyl sites for hydroxylation is 2. The van der Waals surface area contributed by atoms with E-state index >= 15 is 0 Å². The molecule has 0 unspecified atom stereocenters. The van der Waals surface area contributed by atoms with E-state index in [9.17, 15) is 34.2 Å². The second-order valence-electron chi connectivity index (χ2n) is 8.88. The summed E-state index contributed by atoms with van der Waals surface area (Å²) in [5.74, 6) is -0.959. The maximum absolute atomic E-state index is 12.9. The molecule has 222 valence electrons. The van der Waals surface area contributed by atoms with Gasteiger partial charge < -0.3 is 51.7 Å². The lowest BCUT2D eigenvalue weighted by molar-refractivity contribution is -0.255. The zero-order valence-electron chi connectivity index (χ0n) is 22.5. The van der Waals surface area contributed by atoms with Gasteiger partial charge in [-0.1, -0.05) is 53.8 Å². The summed E-state index contributed by atoms with van der Waals surface area (Å²) in [6.45, 7) is 1.83. The van der Waals surface area contributed by atoms with Crippen LogP contribution in [0.3, 0.4) is 0 Å². The Bertz CT molecular complexity index is 1380. The van der Waals surface area contributed by atoms with Crippen LogP contribution in [0.25, 0.3) is 0 Å². The molecule has 14 nitrogen and oxygen atoms in total. The number of carbonyl (C=O) groups is 5. The Morgan fingerprint density at radius 1 is 0.857 bits per heavy atom. The maximum Gasteiger partial charge on any atom is 0.263 e. The van der Waals surface area contributed by atoms with Crippen molar-refractivity contribution in [3.63, 3.8) is 0 Å². The molecular weight excluding hydrogens is 566 g/mol. The van der Waals surface area contributed by atoms with Gasteiger partial charge in [0.15, 0.2) is 11.4 Å². The van der Waals surface area contributed by atoms with Crippen LogP contribution in [0.4, 0.5) is 20.4 Å². The molecule has 42 heavy (non-hydrogen) atoms. The number of thiazole rings is 1. The Labute approximate surface area is 244 Å². The van der Waals surface area contributed by atoms with E-state index in [4.69, 9.17) is 0 Å². The van der Waals surface area contributed by atoms with Gasteiger partial charge in [0.1, 0.15) is 17.1 Å². The third kappa shape index (κ3) is 10.8. The van der Waals surface area contributed by atoms with Crippen LogP contribution in [-0.4, -0.2) is 47.7 Å². The van der Waals surface area contributed by atoms with Crippen molar-refractivity contribution < 1.29 is 34.2 Å². The highest BCUT2D eigenvalue weighted by atomic mass is 32.1. The molecule has 0 bridgehead atoms. The number of benzene rings is 2. The van der Waals surface area contributed by atoms with Gasteiger partial charge in [-0.05, 0) is 36.1 Å². The fourth-order valence-electron chi connectivity index (χ4n) is 3.70. The van der Waals surface area contributed by atoms with E-state index in [0.29, 0.717) is 35.6 Å². The molecule has 1 heterocycles. The molecule has 0 radical (unpaired) electrons. The van der Waals surface area contributed by atoms with Crippen LogP contribution in [0.2, 0.25) is 0 Å². The molecule has 0 saturated heterocycles. The molecular formula is C27H29N7O7S-2. The summed E-state index contributed by atoms with van der Waals surface area (Å²) < 4.78 is 0. The summed E-state index contributed by atoms with van der Waals surface area (Å²) in [5.41, 5.74) is 2.67. The van der Waals surface area contributed by atoms with Crippen LogP contribution < -0.4 is 42.1 Å². The van der Waals surface area contributed by atoms with Gasteiger partial charge in [-0.15, -0.1) is 0 Å². The standard InChI is InChI=1S/C27H31N7O7S/c1-16(35)30-25-32-20(12-9-17-7-10-19(11-8-17)31-24(33-26(38)39)34-27(40)41)22(42-25)23(37)28-14-13-21(36)29-15-18-5-3-2-4-6-18/h2-8,10-11,24,31,33-34H,9,12-15H2,1H3,(H,28,37)(H,29,36)(H,38,39)(H,40,41)(H,30,32,35)/p-2. The van der Waals surface area contributed by atoms with E-state index < -0.39 is 24.4 Å². The molecule has 0 aliphatic rings. The smallest absolute Gasteiger partial charge is 0.263 e. The lowest BCUT2D eigenvalue weighted by Gasteiger charge is -2.24. The first-order valence-corrected chi connectivity index (χ1v) is 13.6. The number of rotatable bonds is 14.